The highest BCUT2D eigenvalue weighted by Gasteiger charge is 2.27. The molecular weight excluding hydrogens is 368 g/mol. The van der Waals surface area contributed by atoms with Crippen LogP contribution >= 0.6 is 23.6 Å². The number of hydrogen-bond donors (Lipinski definition) is 2. The molecule has 0 radical (unpaired) electrons. The number of fused-ring (bicyclic) bond motifs is 1. The van der Waals surface area contributed by atoms with Gasteiger partial charge in [0.15, 0.2) is 5.11 Å². The van der Waals surface area contributed by atoms with Crippen molar-refractivity contribution in [2.75, 3.05) is 19.5 Å². The van der Waals surface area contributed by atoms with Crippen LogP contribution in [0.5, 0.6) is 5.75 Å². The number of carbonyl (C=O) groups excluding carboxylic acids is 1. The summed E-state index contributed by atoms with van der Waals surface area (Å²) in [5, 5.41) is 7.69. The van der Waals surface area contributed by atoms with Gasteiger partial charge in [0.1, 0.15) is 10.8 Å². The number of aryl methyl sites for hydroxylation is 1. The van der Waals surface area contributed by atoms with Crippen LogP contribution < -0.4 is 15.4 Å². The van der Waals surface area contributed by atoms with E-state index >= 15 is 0 Å². The zero-order valence-corrected chi connectivity index (χ0v) is 16.7. The van der Waals surface area contributed by atoms with Crippen molar-refractivity contribution in [3.05, 3.63) is 45.8 Å². The number of ether oxygens (including phenoxy) is 2. The Bertz CT molecular complexity index is 832. The molecule has 1 aromatic heterocycles. The molecule has 0 aliphatic heterocycles. The second kappa shape index (κ2) is 8.05. The largest absolute Gasteiger partial charge is 0.497 e. The summed E-state index contributed by atoms with van der Waals surface area (Å²) in [4.78, 5) is 13.5. The fourth-order valence-electron chi connectivity index (χ4n) is 3.14. The minimum Gasteiger partial charge on any atom is -0.497 e. The molecule has 7 heteroatoms. The number of benzene rings is 1. The van der Waals surface area contributed by atoms with E-state index in [1.54, 1.807) is 18.4 Å². The highest BCUT2D eigenvalue weighted by Crippen LogP contribution is 2.39. The van der Waals surface area contributed by atoms with Crippen molar-refractivity contribution in [2.45, 2.75) is 32.2 Å². The van der Waals surface area contributed by atoms with E-state index in [0.29, 0.717) is 10.7 Å². The van der Waals surface area contributed by atoms with Gasteiger partial charge in [0.25, 0.3) is 0 Å². The van der Waals surface area contributed by atoms with Crippen molar-refractivity contribution in [3.63, 3.8) is 0 Å². The minimum atomic E-state index is -0.310. The van der Waals surface area contributed by atoms with Crippen LogP contribution in [0.25, 0.3) is 0 Å². The Balaban J connectivity index is 1.73. The van der Waals surface area contributed by atoms with Gasteiger partial charge in [-0.25, -0.2) is 4.79 Å². The zero-order valence-electron chi connectivity index (χ0n) is 15.0. The van der Waals surface area contributed by atoms with E-state index in [0.717, 1.165) is 41.1 Å². The molecule has 1 aromatic carbocycles. The van der Waals surface area contributed by atoms with Crippen LogP contribution in [-0.2, 0) is 17.6 Å². The van der Waals surface area contributed by atoms with Gasteiger partial charge in [0.05, 0.1) is 25.8 Å². The Hall–Kier alpha value is -2.12. The van der Waals surface area contributed by atoms with E-state index in [4.69, 9.17) is 21.7 Å². The molecular formula is C19H22N2O3S2. The smallest absolute Gasteiger partial charge is 0.341 e. The number of hydrogen-bond acceptors (Lipinski definition) is 5. The molecule has 3 rings (SSSR count). The van der Waals surface area contributed by atoms with E-state index in [1.165, 1.54) is 12.0 Å². The first-order valence-corrected chi connectivity index (χ1v) is 9.70. The molecule has 0 saturated carbocycles. The van der Waals surface area contributed by atoms with Crippen molar-refractivity contribution in [2.24, 2.45) is 0 Å². The van der Waals surface area contributed by atoms with Crippen LogP contribution in [0, 0.1) is 0 Å². The number of thiocarbonyl (C=S) groups is 1. The first-order valence-electron chi connectivity index (χ1n) is 8.47. The van der Waals surface area contributed by atoms with Gasteiger partial charge in [0.2, 0.25) is 0 Å². The first-order chi connectivity index (χ1) is 12.5. The molecule has 1 unspecified atom stereocenters. The molecule has 26 heavy (non-hydrogen) atoms. The maximum Gasteiger partial charge on any atom is 0.341 e. The topological polar surface area (TPSA) is 59.6 Å². The molecule has 2 N–H and O–H groups in total. The average Bonchev–Trinajstić information content (AvgIpc) is 3.21. The highest BCUT2D eigenvalue weighted by molar-refractivity contribution is 7.80. The molecule has 1 aliphatic rings. The molecule has 2 aromatic rings. The lowest BCUT2D eigenvalue weighted by atomic mass is 10.1. The van der Waals surface area contributed by atoms with Gasteiger partial charge in [-0.2, -0.15) is 0 Å². The van der Waals surface area contributed by atoms with Crippen LogP contribution in [0.4, 0.5) is 5.00 Å². The number of anilines is 1. The molecule has 5 nitrogen and oxygen atoms in total. The predicted octanol–water partition coefficient (Wildman–Crippen LogP) is 4.08. The van der Waals surface area contributed by atoms with Crippen molar-refractivity contribution in [1.82, 2.24) is 5.32 Å². The summed E-state index contributed by atoms with van der Waals surface area (Å²) in [6.07, 6.45) is 3.01. The molecule has 0 spiro atoms. The van der Waals surface area contributed by atoms with Crippen LogP contribution in [-0.4, -0.2) is 25.3 Å². The number of esters is 1. The number of thiophene rings is 1. The Morgan fingerprint density at radius 2 is 2.12 bits per heavy atom. The van der Waals surface area contributed by atoms with E-state index in [1.807, 2.05) is 31.2 Å². The lowest BCUT2D eigenvalue weighted by molar-refractivity contribution is 0.0601. The van der Waals surface area contributed by atoms with E-state index in [-0.39, 0.29) is 12.0 Å². The SMILES string of the molecule is COC(=O)c1c(NC(=S)NC(C)c2cccc(OC)c2)sc2c1CCC2. The summed E-state index contributed by atoms with van der Waals surface area (Å²) in [6, 6.07) is 7.84. The summed E-state index contributed by atoms with van der Waals surface area (Å²) in [5.74, 6) is 0.494. The van der Waals surface area contributed by atoms with Gasteiger partial charge in [-0.1, -0.05) is 12.1 Å². The molecule has 0 bridgehead atoms. The third kappa shape index (κ3) is 3.83. The highest BCUT2D eigenvalue weighted by atomic mass is 32.1. The van der Waals surface area contributed by atoms with E-state index < -0.39 is 0 Å². The summed E-state index contributed by atoms with van der Waals surface area (Å²) in [5.41, 5.74) is 2.80. The van der Waals surface area contributed by atoms with Gasteiger partial charge in [-0.3, -0.25) is 0 Å². The van der Waals surface area contributed by atoms with Crippen molar-refractivity contribution in [3.8, 4) is 5.75 Å². The molecule has 0 amide bonds. The fraction of sp³-hybridized carbons (Fsp3) is 0.368. The normalized spacial score (nSPS) is 13.7. The standard InChI is InChI=1S/C19H22N2O3S2/c1-11(12-6-4-7-13(10-12)23-2)20-19(25)21-17-16(18(22)24-3)14-8-5-9-15(14)26-17/h4,6-7,10-11H,5,8-9H2,1-3H3,(H2,20,21,25). The minimum absolute atomic E-state index is 0.00140. The van der Waals surface area contributed by atoms with Gasteiger partial charge in [-0.15, -0.1) is 11.3 Å². The van der Waals surface area contributed by atoms with Gasteiger partial charge < -0.3 is 20.1 Å². The van der Waals surface area contributed by atoms with Crippen LogP contribution in [0.2, 0.25) is 0 Å². The molecule has 0 saturated heterocycles. The monoisotopic (exact) mass is 390 g/mol. The maximum atomic E-state index is 12.2. The summed E-state index contributed by atoms with van der Waals surface area (Å²) in [7, 11) is 3.06. The van der Waals surface area contributed by atoms with Gasteiger partial charge >= 0.3 is 5.97 Å². The van der Waals surface area contributed by atoms with Crippen molar-refractivity contribution < 1.29 is 14.3 Å². The molecule has 1 heterocycles. The van der Waals surface area contributed by atoms with E-state index in [9.17, 15) is 4.79 Å². The number of nitrogens with one attached hydrogen (secondary N) is 2. The molecule has 0 fully saturated rings. The molecule has 1 aliphatic carbocycles. The lowest BCUT2D eigenvalue weighted by Gasteiger charge is -2.18. The van der Waals surface area contributed by atoms with Gasteiger partial charge in [-0.05, 0) is 61.7 Å². The second-order valence-corrected chi connectivity index (χ2v) is 7.66. The molecule has 138 valence electrons. The Labute approximate surface area is 162 Å². The summed E-state index contributed by atoms with van der Waals surface area (Å²) in [6.45, 7) is 2.03. The van der Waals surface area contributed by atoms with Crippen LogP contribution in [0.15, 0.2) is 24.3 Å². The quantitative estimate of drug-likeness (QED) is 0.593. The lowest BCUT2D eigenvalue weighted by Crippen LogP contribution is -2.31. The maximum absolute atomic E-state index is 12.2. The summed E-state index contributed by atoms with van der Waals surface area (Å²) < 4.78 is 10.2. The van der Waals surface area contributed by atoms with Crippen LogP contribution in [0.1, 0.15) is 45.7 Å². The average molecular weight is 391 g/mol. The second-order valence-electron chi connectivity index (χ2n) is 6.15. The third-order valence-corrected chi connectivity index (χ3v) is 5.91. The van der Waals surface area contributed by atoms with E-state index in [2.05, 4.69) is 10.6 Å². The van der Waals surface area contributed by atoms with Gasteiger partial charge in [0, 0.05) is 4.88 Å². The number of methoxy groups -OCH3 is 2. The number of carbonyl (C=O) groups is 1. The fourth-order valence-corrected chi connectivity index (χ4v) is 4.77. The number of rotatable bonds is 5. The van der Waals surface area contributed by atoms with Crippen molar-refractivity contribution in [1.29, 1.82) is 0 Å². The zero-order chi connectivity index (χ0) is 18.7. The van der Waals surface area contributed by atoms with Crippen LogP contribution in [0.3, 0.4) is 0 Å². The third-order valence-electron chi connectivity index (χ3n) is 4.48. The van der Waals surface area contributed by atoms with Crippen molar-refractivity contribution >= 4 is 39.6 Å². The Morgan fingerprint density at radius 3 is 2.85 bits per heavy atom. The molecule has 1 atom stereocenters. The Morgan fingerprint density at radius 1 is 1.31 bits per heavy atom. The first kappa shape index (κ1) is 18.7. The summed E-state index contributed by atoms with van der Waals surface area (Å²) >= 11 is 7.05. The Kier molecular flexibility index (Phi) is 5.78. The predicted molar refractivity (Wildman–Crippen MR) is 108 cm³/mol.